The van der Waals surface area contributed by atoms with Crippen molar-refractivity contribution in [1.82, 2.24) is 0 Å². The first-order valence-corrected chi connectivity index (χ1v) is 5.89. The highest BCUT2D eigenvalue weighted by molar-refractivity contribution is 5.64. The molecule has 0 saturated carbocycles. The third kappa shape index (κ3) is 3.66. The van der Waals surface area contributed by atoms with Gasteiger partial charge in [0.05, 0.1) is 7.11 Å². The van der Waals surface area contributed by atoms with E-state index >= 15 is 0 Å². The van der Waals surface area contributed by atoms with Gasteiger partial charge in [0.1, 0.15) is 28.6 Å². The maximum absolute atomic E-state index is 10.5. The molecule has 0 heterocycles. The number of para-hydroxylation sites is 1. The van der Waals surface area contributed by atoms with E-state index in [1.165, 1.54) is 25.3 Å². The van der Waals surface area contributed by atoms with Crippen molar-refractivity contribution in [3.05, 3.63) is 52.6 Å². The second kappa shape index (κ2) is 6.33. The van der Waals surface area contributed by atoms with Crippen LogP contribution in [0.3, 0.4) is 0 Å². The van der Waals surface area contributed by atoms with Gasteiger partial charge in [0.25, 0.3) is 0 Å². The molecule has 0 radical (unpaired) electrons. The maximum atomic E-state index is 10.5. The minimum Gasteiger partial charge on any atom is -0.506 e. The van der Waals surface area contributed by atoms with E-state index in [0.29, 0.717) is 5.75 Å². The van der Waals surface area contributed by atoms with Gasteiger partial charge in [-0.3, -0.25) is 0 Å². The van der Waals surface area contributed by atoms with Gasteiger partial charge in [-0.1, -0.05) is 12.1 Å². The quantitative estimate of drug-likeness (QED) is 0.497. The van der Waals surface area contributed by atoms with Crippen LogP contribution in [0.1, 0.15) is 0 Å². The average Bonchev–Trinajstić information content (AvgIpc) is 2.47. The fraction of sp³-hybridized carbons (Fsp3) is 0.0769. The normalized spacial score (nSPS) is 10.5. The highest BCUT2D eigenvalue weighted by atomic mass is 16.7. The Labute approximate surface area is 119 Å². The first kappa shape index (κ1) is 14.3. The van der Waals surface area contributed by atoms with Crippen molar-refractivity contribution in [2.45, 2.75) is 0 Å². The van der Waals surface area contributed by atoms with E-state index in [1.54, 1.807) is 24.3 Å². The first-order valence-electron chi connectivity index (χ1n) is 5.89. The van der Waals surface area contributed by atoms with Gasteiger partial charge in [-0.05, 0) is 24.3 Å². The Kier molecular flexibility index (Phi) is 4.30. The number of phenolic OH excluding ortho intramolecular Hbond substituents is 1. The number of ether oxygens (including phenoxy) is 1. The van der Waals surface area contributed by atoms with Gasteiger partial charge in [-0.25, -0.2) is 10.1 Å². The molecule has 0 aliphatic carbocycles. The molecule has 0 amide bonds. The fourth-order valence-electron chi connectivity index (χ4n) is 1.57. The molecule has 0 spiro atoms. The number of hydrogen-bond donors (Lipinski definition) is 2. The van der Waals surface area contributed by atoms with Gasteiger partial charge in [0.2, 0.25) is 0 Å². The zero-order valence-corrected chi connectivity index (χ0v) is 11.1. The van der Waals surface area contributed by atoms with Crippen LogP contribution in [-0.4, -0.2) is 17.2 Å². The summed E-state index contributed by atoms with van der Waals surface area (Å²) in [5, 5.41) is 27.3. The molecule has 2 aromatic carbocycles. The molecule has 0 aliphatic heterocycles. The first-order chi connectivity index (χ1) is 10.1. The van der Waals surface area contributed by atoms with Crippen LogP contribution in [0.5, 0.6) is 11.5 Å². The van der Waals surface area contributed by atoms with Gasteiger partial charge in [0.15, 0.2) is 5.03 Å². The molecule has 2 aromatic rings. The SMILES string of the molecule is COc1ccc(O)c(N=Nc2ccccc2N[N+](=O)[O-])c1. The number of aromatic hydroxyl groups is 1. The standard InChI is InChI=1S/C13H12N4O4/c1-21-9-6-7-13(18)12(8-9)15-14-10-4-2-3-5-11(10)16-17(19)20/h2-8,16,18H,1H3. The van der Waals surface area contributed by atoms with Crippen molar-refractivity contribution in [2.75, 3.05) is 12.5 Å². The predicted molar refractivity (Wildman–Crippen MR) is 75.9 cm³/mol. The third-order valence-electron chi connectivity index (χ3n) is 2.56. The number of nitrogens with zero attached hydrogens (tertiary/aromatic N) is 3. The zero-order chi connectivity index (χ0) is 15.2. The van der Waals surface area contributed by atoms with E-state index in [1.807, 2.05) is 5.43 Å². The smallest absolute Gasteiger partial charge is 0.162 e. The fourth-order valence-corrected chi connectivity index (χ4v) is 1.57. The number of benzene rings is 2. The van der Waals surface area contributed by atoms with E-state index in [2.05, 4.69) is 10.2 Å². The Morgan fingerprint density at radius 2 is 1.90 bits per heavy atom. The van der Waals surface area contributed by atoms with Crippen molar-refractivity contribution < 1.29 is 14.9 Å². The average molecular weight is 288 g/mol. The van der Waals surface area contributed by atoms with Gasteiger partial charge >= 0.3 is 0 Å². The van der Waals surface area contributed by atoms with Gasteiger partial charge in [-0.2, -0.15) is 0 Å². The van der Waals surface area contributed by atoms with Crippen LogP contribution in [0.4, 0.5) is 17.1 Å². The van der Waals surface area contributed by atoms with E-state index < -0.39 is 5.03 Å². The number of nitro groups is 1. The zero-order valence-electron chi connectivity index (χ0n) is 11.1. The van der Waals surface area contributed by atoms with Crippen LogP contribution in [-0.2, 0) is 0 Å². The van der Waals surface area contributed by atoms with Gasteiger partial charge < -0.3 is 9.84 Å². The summed E-state index contributed by atoms with van der Waals surface area (Å²) in [5.74, 6) is 0.442. The highest BCUT2D eigenvalue weighted by Crippen LogP contribution is 2.33. The highest BCUT2D eigenvalue weighted by Gasteiger charge is 2.06. The van der Waals surface area contributed by atoms with Crippen LogP contribution in [0.15, 0.2) is 52.7 Å². The number of hydrogen-bond acceptors (Lipinski definition) is 6. The van der Waals surface area contributed by atoms with Gasteiger partial charge in [-0.15, -0.1) is 15.7 Å². The molecule has 8 heteroatoms. The Bertz CT molecular complexity index is 688. The van der Waals surface area contributed by atoms with Crippen molar-refractivity contribution in [1.29, 1.82) is 0 Å². The lowest BCUT2D eigenvalue weighted by molar-refractivity contribution is -0.445. The largest absolute Gasteiger partial charge is 0.506 e. The minimum atomic E-state index is -0.683. The molecular formula is C13H12N4O4. The molecule has 0 aromatic heterocycles. The molecule has 2 rings (SSSR count). The molecule has 0 unspecified atom stereocenters. The summed E-state index contributed by atoms with van der Waals surface area (Å²) in [5.41, 5.74) is 2.70. The molecule has 21 heavy (non-hydrogen) atoms. The lowest BCUT2D eigenvalue weighted by Crippen LogP contribution is -2.07. The Balaban J connectivity index is 2.31. The lowest BCUT2D eigenvalue weighted by Gasteiger charge is -2.03. The summed E-state index contributed by atoms with van der Waals surface area (Å²) in [7, 11) is 1.49. The summed E-state index contributed by atoms with van der Waals surface area (Å²) < 4.78 is 5.02. The topological polar surface area (TPSA) is 109 Å². The second-order valence-corrected chi connectivity index (χ2v) is 3.94. The van der Waals surface area contributed by atoms with E-state index in [4.69, 9.17) is 4.74 Å². The molecule has 108 valence electrons. The molecule has 8 nitrogen and oxygen atoms in total. The van der Waals surface area contributed by atoms with Crippen LogP contribution < -0.4 is 10.2 Å². The molecule has 0 atom stereocenters. The molecule has 0 bridgehead atoms. The second-order valence-electron chi connectivity index (χ2n) is 3.94. The Hall–Kier alpha value is -3.16. The number of methoxy groups -OCH3 is 1. The van der Waals surface area contributed by atoms with Crippen molar-refractivity contribution in [3.8, 4) is 11.5 Å². The van der Waals surface area contributed by atoms with Crippen molar-refractivity contribution >= 4 is 17.1 Å². The van der Waals surface area contributed by atoms with E-state index in [-0.39, 0.29) is 22.8 Å². The molecule has 0 saturated heterocycles. The summed E-state index contributed by atoms with van der Waals surface area (Å²) in [6.07, 6.45) is 0. The van der Waals surface area contributed by atoms with Crippen LogP contribution in [0.25, 0.3) is 0 Å². The Morgan fingerprint density at radius 1 is 1.19 bits per heavy atom. The molecule has 0 fully saturated rings. The van der Waals surface area contributed by atoms with Gasteiger partial charge in [0, 0.05) is 6.07 Å². The number of phenols is 1. The van der Waals surface area contributed by atoms with Crippen LogP contribution >= 0.6 is 0 Å². The van der Waals surface area contributed by atoms with Crippen LogP contribution in [0, 0.1) is 10.1 Å². The molecule has 2 N–H and O–H groups in total. The number of azo groups is 1. The van der Waals surface area contributed by atoms with E-state index in [9.17, 15) is 15.2 Å². The lowest BCUT2D eigenvalue weighted by atomic mass is 10.3. The summed E-state index contributed by atoms with van der Waals surface area (Å²) in [6.45, 7) is 0. The summed E-state index contributed by atoms with van der Waals surface area (Å²) in [6, 6.07) is 10.9. The monoisotopic (exact) mass is 288 g/mol. The van der Waals surface area contributed by atoms with Crippen molar-refractivity contribution in [3.63, 3.8) is 0 Å². The third-order valence-corrected chi connectivity index (χ3v) is 2.56. The number of nitrogens with one attached hydrogen (secondary N) is 1. The Morgan fingerprint density at radius 3 is 2.62 bits per heavy atom. The maximum Gasteiger partial charge on any atom is 0.162 e. The van der Waals surface area contributed by atoms with E-state index in [0.717, 1.165) is 0 Å². The van der Waals surface area contributed by atoms with Crippen LogP contribution in [0.2, 0.25) is 0 Å². The molecular weight excluding hydrogens is 276 g/mol. The summed E-state index contributed by atoms with van der Waals surface area (Å²) in [4.78, 5) is 10.5. The molecule has 0 aliphatic rings. The number of anilines is 1. The predicted octanol–water partition coefficient (Wildman–Crippen LogP) is 3.42. The summed E-state index contributed by atoms with van der Waals surface area (Å²) >= 11 is 0. The van der Waals surface area contributed by atoms with Crippen molar-refractivity contribution in [2.24, 2.45) is 10.2 Å². The number of hydrazine groups is 1. The number of rotatable bonds is 5. The minimum absolute atomic E-state index is 0.0701.